The number of nitrogens with one attached hydrogen (secondary N) is 1. The third-order valence-electron chi connectivity index (χ3n) is 5.75. The van der Waals surface area contributed by atoms with Crippen molar-refractivity contribution in [1.82, 2.24) is 10.2 Å². The normalized spacial score (nSPS) is 17.2. The number of rotatable bonds is 7. The molecule has 2 aromatic rings. The van der Waals surface area contributed by atoms with Crippen molar-refractivity contribution in [2.75, 3.05) is 32.8 Å². The van der Waals surface area contributed by atoms with Gasteiger partial charge in [-0.2, -0.15) is 13.2 Å². The first-order valence-corrected chi connectivity index (χ1v) is 10.9. The third kappa shape index (κ3) is 5.94. The SMILES string of the molecule is O=C(Cc1cccc(C(F)(F)F)c1)N[C@@H](Cc1ccc2c(c1)OCCO2)CN1CCCC1. The summed E-state index contributed by atoms with van der Waals surface area (Å²) in [6, 6.07) is 10.5. The molecule has 2 aliphatic heterocycles. The third-order valence-corrected chi connectivity index (χ3v) is 5.75. The maximum Gasteiger partial charge on any atom is 0.416 e. The zero-order valence-corrected chi connectivity index (χ0v) is 17.8. The summed E-state index contributed by atoms with van der Waals surface area (Å²) in [5, 5.41) is 3.05. The Morgan fingerprint density at radius 3 is 2.50 bits per heavy atom. The van der Waals surface area contributed by atoms with E-state index in [0.29, 0.717) is 43.2 Å². The molecule has 4 rings (SSSR count). The van der Waals surface area contributed by atoms with Crippen LogP contribution in [0.2, 0.25) is 0 Å². The fraction of sp³-hybridized carbons (Fsp3) is 0.458. The van der Waals surface area contributed by atoms with E-state index in [1.165, 1.54) is 6.07 Å². The van der Waals surface area contributed by atoms with E-state index < -0.39 is 11.7 Å². The predicted molar refractivity (Wildman–Crippen MR) is 114 cm³/mol. The minimum atomic E-state index is -4.43. The van der Waals surface area contributed by atoms with Crippen molar-refractivity contribution >= 4 is 5.91 Å². The molecule has 0 bridgehead atoms. The van der Waals surface area contributed by atoms with E-state index in [0.717, 1.165) is 43.6 Å². The average Bonchev–Trinajstić information content (AvgIpc) is 3.26. The van der Waals surface area contributed by atoms with Crippen LogP contribution < -0.4 is 14.8 Å². The van der Waals surface area contributed by atoms with Crippen molar-refractivity contribution < 1.29 is 27.4 Å². The molecule has 1 fully saturated rings. The van der Waals surface area contributed by atoms with Crippen LogP contribution in [0.3, 0.4) is 0 Å². The Balaban J connectivity index is 1.44. The number of benzene rings is 2. The van der Waals surface area contributed by atoms with E-state index in [4.69, 9.17) is 9.47 Å². The van der Waals surface area contributed by atoms with Crippen molar-refractivity contribution in [2.45, 2.75) is 37.9 Å². The first kappa shape index (κ1) is 22.5. The highest BCUT2D eigenvalue weighted by atomic mass is 19.4. The largest absolute Gasteiger partial charge is 0.486 e. The van der Waals surface area contributed by atoms with Crippen LogP contribution >= 0.6 is 0 Å². The molecule has 1 saturated heterocycles. The van der Waals surface area contributed by atoms with E-state index in [1.807, 2.05) is 18.2 Å². The van der Waals surface area contributed by atoms with Gasteiger partial charge in [0.05, 0.1) is 12.0 Å². The number of carbonyl (C=O) groups is 1. The number of alkyl halides is 3. The molecule has 0 aromatic heterocycles. The predicted octanol–water partition coefficient (Wildman–Crippen LogP) is 3.84. The highest BCUT2D eigenvalue weighted by molar-refractivity contribution is 5.79. The van der Waals surface area contributed by atoms with E-state index >= 15 is 0 Å². The van der Waals surface area contributed by atoms with Gasteiger partial charge >= 0.3 is 6.18 Å². The van der Waals surface area contributed by atoms with Crippen LogP contribution in [0, 0.1) is 0 Å². The summed E-state index contributed by atoms with van der Waals surface area (Å²) in [7, 11) is 0. The molecule has 32 heavy (non-hydrogen) atoms. The highest BCUT2D eigenvalue weighted by Crippen LogP contribution is 2.31. The topological polar surface area (TPSA) is 50.8 Å². The van der Waals surface area contributed by atoms with Crippen LogP contribution in [0.15, 0.2) is 42.5 Å². The minimum Gasteiger partial charge on any atom is -0.486 e. The molecular weight excluding hydrogens is 421 g/mol. The fourth-order valence-electron chi connectivity index (χ4n) is 4.26. The number of ether oxygens (including phenoxy) is 2. The number of amides is 1. The Hall–Kier alpha value is -2.74. The van der Waals surface area contributed by atoms with Crippen LogP contribution in [-0.2, 0) is 23.8 Å². The van der Waals surface area contributed by atoms with Crippen LogP contribution in [-0.4, -0.2) is 49.7 Å². The molecule has 0 radical (unpaired) electrons. The quantitative estimate of drug-likeness (QED) is 0.699. The minimum absolute atomic E-state index is 0.0957. The van der Waals surface area contributed by atoms with Crippen LogP contribution in [0.25, 0.3) is 0 Å². The summed E-state index contributed by atoms with van der Waals surface area (Å²) >= 11 is 0. The first-order chi connectivity index (χ1) is 15.4. The maximum atomic E-state index is 13.0. The van der Waals surface area contributed by atoms with E-state index in [1.54, 1.807) is 6.07 Å². The second kappa shape index (κ2) is 9.81. The second-order valence-corrected chi connectivity index (χ2v) is 8.33. The summed E-state index contributed by atoms with van der Waals surface area (Å²) in [6.07, 6.45) is -1.66. The van der Waals surface area contributed by atoms with Gasteiger partial charge in [0, 0.05) is 12.6 Å². The van der Waals surface area contributed by atoms with Crippen molar-refractivity contribution in [3.8, 4) is 11.5 Å². The number of carbonyl (C=O) groups excluding carboxylic acids is 1. The molecule has 1 N–H and O–H groups in total. The van der Waals surface area contributed by atoms with Gasteiger partial charge in [0.15, 0.2) is 11.5 Å². The molecule has 2 aliphatic rings. The fourth-order valence-corrected chi connectivity index (χ4v) is 4.26. The summed E-state index contributed by atoms with van der Waals surface area (Å²) < 4.78 is 50.2. The zero-order chi connectivity index (χ0) is 22.6. The van der Waals surface area contributed by atoms with Crippen molar-refractivity contribution in [2.24, 2.45) is 0 Å². The van der Waals surface area contributed by atoms with Gasteiger partial charge in [0.2, 0.25) is 5.91 Å². The van der Waals surface area contributed by atoms with E-state index in [2.05, 4.69) is 10.2 Å². The highest BCUT2D eigenvalue weighted by Gasteiger charge is 2.30. The lowest BCUT2D eigenvalue weighted by molar-refractivity contribution is -0.137. The average molecular weight is 448 g/mol. The van der Waals surface area contributed by atoms with Gasteiger partial charge in [-0.25, -0.2) is 0 Å². The van der Waals surface area contributed by atoms with E-state index in [9.17, 15) is 18.0 Å². The standard InChI is InChI=1S/C24H27F3N2O3/c25-24(26,27)19-5-3-4-17(12-19)15-23(30)28-20(16-29-8-1-2-9-29)13-18-6-7-21-22(14-18)32-11-10-31-21/h3-7,12,14,20H,1-2,8-11,13,15-16H2,(H,28,30)/t20-/m0/s1. The summed E-state index contributed by atoms with van der Waals surface area (Å²) in [4.78, 5) is 15.0. The number of fused-ring (bicyclic) bond motifs is 1. The zero-order valence-electron chi connectivity index (χ0n) is 17.8. The Kier molecular flexibility index (Phi) is 6.89. The molecule has 1 atom stereocenters. The number of hydrogen-bond acceptors (Lipinski definition) is 4. The summed E-state index contributed by atoms with van der Waals surface area (Å²) in [5.74, 6) is 1.12. The number of likely N-dealkylation sites (tertiary alicyclic amines) is 1. The van der Waals surface area contributed by atoms with Crippen molar-refractivity contribution in [3.05, 3.63) is 59.2 Å². The number of halogens is 3. The molecule has 2 aromatic carbocycles. The second-order valence-electron chi connectivity index (χ2n) is 8.33. The molecule has 0 spiro atoms. The van der Waals surface area contributed by atoms with Gasteiger partial charge in [-0.05, 0) is 61.7 Å². The lowest BCUT2D eigenvalue weighted by Crippen LogP contribution is -2.45. The van der Waals surface area contributed by atoms with Gasteiger partial charge in [0.25, 0.3) is 0 Å². The van der Waals surface area contributed by atoms with Gasteiger partial charge < -0.3 is 19.7 Å². The smallest absolute Gasteiger partial charge is 0.416 e. The summed E-state index contributed by atoms with van der Waals surface area (Å²) in [6.45, 7) is 3.70. The molecular formula is C24H27F3N2O3. The Bertz CT molecular complexity index is 942. The monoisotopic (exact) mass is 448 g/mol. The first-order valence-electron chi connectivity index (χ1n) is 10.9. The number of hydrogen-bond donors (Lipinski definition) is 1. The van der Waals surface area contributed by atoms with Gasteiger partial charge in [-0.15, -0.1) is 0 Å². The van der Waals surface area contributed by atoms with Crippen molar-refractivity contribution in [1.29, 1.82) is 0 Å². The Morgan fingerprint density at radius 2 is 1.75 bits per heavy atom. The van der Waals surface area contributed by atoms with Crippen LogP contribution in [0.5, 0.6) is 11.5 Å². The van der Waals surface area contributed by atoms with E-state index in [-0.39, 0.29) is 18.4 Å². The molecule has 1 amide bonds. The molecule has 0 aliphatic carbocycles. The van der Waals surface area contributed by atoms with Gasteiger partial charge in [-0.1, -0.05) is 24.3 Å². The molecule has 172 valence electrons. The van der Waals surface area contributed by atoms with Crippen molar-refractivity contribution in [3.63, 3.8) is 0 Å². The lowest BCUT2D eigenvalue weighted by Gasteiger charge is -2.25. The molecule has 8 heteroatoms. The lowest BCUT2D eigenvalue weighted by atomic mass is 10.0. The number of nitrogens with zero attached hydrogens (tertiary/aromatic N) is 1. The van der Waals surface area contributed by atoms with Crippen LogP contribution in [0.1, 0.15) is 29.5 Å². The summed E-state index contributed by atoms with van der Waals surface area (Å²) in [5.41, 5.74) is 0.613. The molecule has 0 unspecified atom stereocenters. The maximum absolute atomic E-state index is 13.0. The molecule has 5 nitrogen and oxygen atoms in total. The van der Waals surface area contributed by atoms with Crippen LogP contribution in [0.4, 0.5) is 13.2 Å². The van der Waals surface area contributed by atoms with Gasteiger partial charge in [0.1, 0.15) is 13.2 Å². The Morgan fingerprint density at radius 1 is 1.00 bits per heavy atom. The Labute approximate surface area is 185 Å². The molecule has 2 heterocycles. The van der Waals surface area contributed by atoms with Gasteiger partial charge in [-0.3, -0.25) is 4.79 Å². The molecule has 0 saturated carbocycles.